The van der Waals surface area contributed by atoms with Gasteiger partial charge in [0.1, 0.15) is 10.6 Å². The van der Waals surface area contributed by atoms with Crippen LogP contribution in [-0.4, -0.2) is 28.9 Å². The summed E-state index contributed by atoms with van der Waals surface area (Å²) < 4.78 is 27.8. The Bertz CT molecular complexity index is 687. The van der Waals surface area contributed by atoms with Crippen LogP contribution >= 0.6 is 0 Å². The molecule has 0 aliphatic carbocycles. The highest BCUT2D eigenvalue weighted by molar-refractivity contribution is 7.89. The van der Waals surface area contributed by atoms with E-state index in [2.05, 4.69) is 14.7 Å². The smallest absolute Gasteiger partial charge is 0.265 e. The van der Waals surface area contributed by atoms with E-state index in [1.165, 1.54) is 29.4 Å². The number of carbonyl (C=O) groups is 1. The second kappa shape index (κ2) is 4.86. The molecule has 0 fully saturated rings. The molecule has 0 atom stereocenters. The maximum atomic E-state index is 12.0. The predicted molar refractivity (Wildman–Crippen MR) is 66.5 cm³/mol. The summed E-state index contributed by atoms with van der Waals surface area (Å²) in [6.45, 7) is 0.0864. The summed E-state index contributed by atoms with van der Waals surface area (Å²) in [4.78, 5) is 17.6. The Labute approximate surface area is 109 Å². The lowest BCUT2D eigenvalue weighted by molar-refractivity contribution is 0.0992. The van der Waals surface area contributed by atoms with E-state index in [1.807, 2.05) is 0 Å². The normalized spacial score (nSPS) is 11.6. The average Bonchev–Trinajstić information content (AvgIpc) is 2.95. The van der Waals surface area contributed by atoms with Gasteiger partial charge in [-0.05, 0) is 6.07 Å². The second-order valence-electron chi connectivity index (χ2n) is 3.94. The van der Waals surface area contributed by atoms with Crippen molar-refractivity contribution in [1.29, 1.82) is 0 Å². The summed E-state index contributed by atoms with van der Waals surface area (Å²) in [5, 5.41) is 0. The number of imidazole rings is 1. The van der Waals surface area contributed by atoms with Gasteiger partial charge in [0.2, 0.25) is 10.0 Å². The summed E-state index contributed by atoms with van der Waals surface area (Å²) in [6.07, 6.45) is 4.30. The fraction of sp³-hybridized carbons (Fsp3) is 0.200. The number of aromatic amines is 1. The van der Waals surface area contributed by atoms with Gasteiger partial charge in [-0.2, -0.15) is 0 Å². The van der Waals surface area contributed by atoms with E-state index < -0.39 is 15.9 Å². The van der Waals surface area contributed by atoms with Crippen molar-refractivity contribution in [3.63, 3.8) is 0 Å². The van der Waals surface area contributed by atoms with Crippen molar-refractivity contribution in [2.24, 2.45) is 12.8 Å². The van der Waals surface area contributed by atoms with Crippen LogP contribution in [-0.2, 0) is 23.6 Å². The van der Waals surface area contributed by atoms with E-state index in [-0.39, 0.29) is 17.1 Å². The van der Waals surface area contributed by atoms with Gasteiger partial charge in [-0.3, -0.25) is 4.79 Å². The molecule has 0 radical (unpaired) electrons. The first-order chi connectivity index (χ1) is 8.90. The molecule has 0 aliphatic heterocycles. The van der Waals surface area contributed by atoms with Crippen LogP contribution in [0.3, 0.4) is 0 Å². The number of amides is 1. The Kier molecular flexibility index (Phi) is 3.40. The van der Waals surface area contributed by atoms with E-state index in [4.69, 9.17) is 5.73 Å². The monoisotopic (exact) mass is 283 g/mol. The van der Waals surface area contributed by atoms with E-state index in [9.17, 15) is 13.2 Å². The van der Waals surface area contributed by atoms with Crippen molar-refractivity contribution < 1.29 is 13.2 Å². The highest BCUT2D eigenvalue weighted by atomic mass is 32.2. The molecule has 0 bridgehead atoms. The summed E-state index contributed by atoms with van der Waals surface area (Å²) in [6, 6.07) is 1.23. The topological polar surface area (TPSA) is 123 Å². The molecule has 2 aromatic heterocycles. The highest BCUT2D eigenvalue weighted by Crippen LogP contribution is 2.13. The maximum Gasteiger partial charge on any atom is 0.265 e. The molecule has 0 spiro atoms. The van der Waals surface area contributed by atoms with Crippen LogP contribution in [0, 0.1) is 0 Å². The van der Waals surface area contributed by atoms with Crippen LogP contribution in [0.25, 0.3) is 0 Å². The summed E-state index contributed by atoms with van der Waals surface area (Å²) in [5.74, 6) is -0.683. The molecule has 0 aliphatic rings. The summed E-state index contributed by atoms with van der Waals surface area (Å²) in [5.41, 5.74) is 5.89. The Hall–Kier alpha value is -2.13. The molecular formula is C10H13N5O3S. The van der Waals surface area contributed by atoms with Crippen LogP contribution in [0.5, 0.6) is 0 Å². The lowest BCUT2D eigenvalue weighted by atomic mass is 10.4. The Morgan fingerprint density at radius 2 is 2.32 bits per heavy atom. The van der Waals surface area contributed by atoms with Crippen LogP contribution in [0.15, 0.2) is 29.7 Å². The minimum atomic E-state index is -3.70. The standard InChI is InChI=1S/C10H13N5O3S/c1-15-5-8(2-9(15)10(11)16)19(17,18)14-4-7-3-12-6-13-7/h2-3,5-6,14H,4H2,1H3,(H2,11,16)(H,12,13). The zero-order valence-electron chi connectivity index (χ0n) is 10.1. The molecule has 8 nitrogen and oxygen atoms in total. The van der Waals surface area contributed by atoms with E-state index in [0.29, 0.717) is 5.69 Å². The molecule has 1 amide bonds. The van der Waals surface area contributed by atoms with Crippen molar-refractivity contribution in [2.45, 2.75) is 11.4 Å². The number of nitrogens with one attached hydrogen (secondary N) is 2. The molecule has 2 heterocycles. The zero-order chi connectivity index (χ0) is 14.0. The first-order valence-electron chi connectivity index (χ1n) is 5.33. The SMILES string of the molecule is Cn1cc(S(=O)(=O)NCc2cnc[nH]2)cc1C(N)=O. The van der Waals surface area contributed by atoms with E-state index in [1.54, 1.807) is 7.05 Å². The second-order valence-corrected chi connectivity index (χ2v) is 5.70. The Morgan fingerprint density at radius 3 is 2.84 bits per heavy atom. The molecular weight excluding hydrogens is 270 g/mol. The molecule has 9 heteroatoms. The largest absolute Gasteiger partial charge is 0.364 e. The first-order valence-corrected chi connectivity index (χ1v) is 6.81. The molecule has 0 aromatic carbocycles. The van der Waals surface area contributed by atoms with Crippen LogP contribution in [0.1, 0.15) is 16.2 Å². The molecule has 0 unspecified atom stereocenters. The number of rotatable bonds is 5. The van der Waals surface area contributed by atoms with Gasteiger partial charge in [-0.15, -0.1) is 0 Å². The molecule has 2 rings (SSSR count). The third kappa shape index (κ3) is 2.83. The van der Waals surface area contributed by atoms with Gasteiger partial charge in [0.15, 0.2) is 0 Å². The maximum absolute atomic E-state index is 12.0. The summed E-state index contributed by atoms with van der Waals surface area (Å²) in [7, 11) is -2.15. The number of hydrogen-bond acceptors (Lipinski definition) is 4. The van der Waals surface area contributed by atoms with E-state index >= 15 is 0 Å². The van der Waals surface area contributed by atoms with Gasteiger partial charge in [0.25, 0.3) is 5.91 Å². The predicted octanol–water partition coefficient (Wildman–Crippen LogP) is -0.674. The fourth-order valence-electron chi connectivity index (χ4n) is 1.56. The van der Waals surface area contributed by atoms with Gasteiger partial charge < -0.3 is 15.3 Å². The third-order valence-corrected chi connectivity index (χ3v) is 3.92. The van der Waals surface area contributed by atoms with Gasteiger partial charge in [-0.25, -0.2) is 18.1 Å². The number of nitrogens with zero attached hydrogens (tertiary/aromatic N) is 2. The van der Waals surface area contributed by atoms with Gasteiger partial charge in [0, 0.05) is 25.1 Å². The first kappa shape index (κ1) is 13.3. The quantitative estimate of drug-likeness (QED) is 0.673. The number of nitrogens with two attached hydrogens (primary N) is 1. The number of aryl methyl sites for hydroxylation is 1. The minimum Gasteiger partial charge on any atom is -0.364 e. The minimum absolute atomic E-state index is 0.0108. The Morgan fingerprint density at radius 1 is 1.58 bits per heavy atom. The van der Waals surface area contributed by atoms with Gasteiger partial charge in [0.05, 0.1) is 12.9 Å². The van der Waals surface area contributed by atoms with Gasteiger partial charge in [-0.1, -0.05) is 0 Å². The van der Waals surface area contributed by atoms with Crippen molar-refractivity contribution in [1.82, 2.24) is 19.3 Å². The van der Waals surface area contributed by atoms with Crippen molar-refractivity contribution in [3.8, 4) is 0 Å². The number of carbonyl (C=O) groups excluding carboxylic acids is 1. The fourth-order valence-corrected chi connectivity index (χ4v) is 2.64. The average molecular weight is 283 g/mol. The molecule has 0 saturated carbocycles. The lowest BCUT2D eigenvalue weighted by Crippen LogP contribution is -2.23. The lowest BCUT2D eigenvalue weighted by Gasteiger charge is -2.02. The third-order valence-electron chi connectivity index (χ3n) is 2.55. The van der Waals surface area contributed by atoms with Gasteiger partial charge >= 0.3 is 0 Å². The molecule has 102 valence electrons. The zero-order valence-corrected chi connectivity index (χ0v) is 10.9. The van der Waals surface area contributed by atoms with Crippen molar-refractivity contribution in [3.05, 3.63) is 36.2 Å². The molecule has 19 heavy (non-hydrogen) atoms. The molecule has 4 N–H and O–H groups in total. The van der Waals surface area contributed by atoms with Crippen LogP contribution in [0.2, 0.25) is 0 Å². The number of primary amides is 1. The highest BCUT2D eigenvalue weighted by Gasteiger charge is 2.19. The van der Waals surface area contributed by atoms with Crippen LogP contribution < -0.4 is 10.5 Å². The molecule has 2 aromatic rings. The van der Waals surface area contributed by atoms with Crippen LogP contribution in [0.4, 0.5) is 0 Å². The Balaban J connectivity index is 2.20. The van der Waals surface area contributed by atoms with Crippen molar-refractivity contribution in [2.75, 3.05) is 0 Å². The van der Waals surface area contributed by atoms with E-state index in [0.717, 1.165) is 0 Å². The number of hydrogen-bond donors (Lipinski definition) is 3. The molecule has 0 saturated heterocycles. The summed E-state index contributed by atoms with van der Waals surface area (Å²) >= 11 is 0. The number of aromatic nitrogens is 3. The number of H-pyrrole nitrogens is 1. The van der Waals surface area contributed by atoms with Crippen molar-refractivity contribution >= 4 is 15.9 Å². The number of sulfonamides is 1.